The molecule has 2 heteroatoms. The third-order valence-corrected chi connectivity index (χ3v) is 7.37. The molecule has 0 radical (unpaired) electrons. The van der Waals surface area contributed by atoms with Crippen LogP contribution in [0.3, 0.4) is 0 Å². The highest BCUT2D eigenvalue weighted by Gasteiger charge is 2.77. The van der Waals surface area contributed by atoms with Crippen molar-refractivity contribution in [2.24, 2.45) is 27.5 Å². The van der Waals surface area contributed by atoms with Gasteiger partial charge >= 0.3 is 0 Å². The van der Waals surface area contributed by atoms with Crippen molar-refractivity contribution >= 4 is 0 Å². The van der Waals surface area contributed by atoms with Crippen molar-refractivity contribution in [2.75, 3.05) is 0 Å². The number of nitrogens with zero attached hydrogens (tertiary/aromatic N) is 2. The van der Waals surface area contributed by atoms with E-state index in [-0.39, 0.29) is 16.5 Å². The molecule has 0 N–H and O–H groups in total. The zero-order valence-corrected chi connectivity index (χ0v) is 16.0. The highest BCUT2D eigenvalue weighted by atomic mass is 15.3. The summed E-state index contributed by atoms with van der Waals surface area (Å²) < 4.78 is 0. The van der Waals surface area contributed by atoms with Crippen molar-refractivity contribution < 1.29 is 0 Å². The van der Waals surface area contributed by atoms with E-state index in [0.29, 0.717) is 11.8 Å². The number of benzene rings is 2. The van der Waals surface area contributed by atoms with Crippen LogP contribution in [0.25, 0.3) is 0 Å². The van der Waals surface area contributed by atoms with Crippen LogP contribution in [0.15, 0.2) is 70.9 Å². The van der Waals surface area contributed by atoms with Crippen molar-refractivity contribution in [3.8, 4) is 0 Å². The van der Waals surface area contributed by atoms with Crippen LogP contribution < -0.4 is 0 Å². The van der Waals surface area contributed by atoms with Gasteiger partial charge in [-0.1, -0.05) is 85.7 Å². The maximum atomic E-state index is 5.11. The quantitative estimate of drug-likeness (QED) is 0.590. The molecular formula is C24H26N2. The monoisotopic (exact) mass is 342 g/mol. The molecule has 132 valence electrons. The van der Waals surface area contributed by atoms with Gasteiger partial charge in [-0.15, -0.1) is 0 Å². The Morgan fingerprint density at radius 3 is 2.04 bits per heavy atom. The lowest BCUT2D eigenvalue weighted by Gasteiger charge is -2.41. The van der Waals surface area contributed by atoms with E-state index in [1.54, 1.807) is 0 Å². The molecule has 0 saturated heterocycles. The van der Waals surface area contributed by atoms with Crippen molar-refractivity contribution in [1.29, 1.82) is 0 Å². The summed E-state index contributed by atoms with van der Waals surface area (Å²) in [5, 5.41) is 10.2. The Morgan fingerprint density at radius 1 is 0.846 bits per heavy atom. The van der Waals surface area contributed by atoms with E-state index in [9.17, 15) is 0 Å². The minimum Gasteiger partial charge on any atom is -0.181 e. The lowest BCUT2D eigenvalue weighted by atomic mass is 9.61. The molecule has 3 aliphatic rings. The molecule has 4 atom stereocenters. The summed E-state index contributed by atoms with van der Waals surface area (Å²) >= 11 is 0. The summed E-state index contributed by atoms with van der Waals surface area (Å²) in [7, 11) is 0. The van der Waals surface area contributed by atoms with Gasteiger partial charge in [-0.3, -0.25) is 0 Å². The Kier molecular flexibility index (Phi) is 3.04. The first-order chi connectivity index (χ1) is 12.4. The van der Waals surface area contributed by atoms with E-state index in [2.05, 4.69) is 88.4 Å². The maximum absolute atomic E-state index is 5.11. The molecule has 26 heavy (non-hydrogen) atoms. The Bertz CT molecular complexity index is 954. The molecule has 5 rings (SSSR count). The number of aryl methyl sites for hydroxylation is 2. The predicted molar refractivity (Wildman–Crippen MR) is 105 cm³/mol. The molecule has 0 amide bonds. The van der Waals surface area contributed by atoms with Crippen LogP contribution in [0.1, 0.15) is 42.5 Å². The summed E-state index contributed by atoms with van der Waals surface area (Å²) in [5.74, 6) is 0.898. The second kappa shape index (κ2) is 4.94. The number of rotatable bonds is 2. The predicted octanol–water partition coefficient (Wildman–Crippen LogP) is 6.09. The third-order valence-electron chi connectivity index (χ3n) is 7.37. The first kappa shape index (κ1) is 16.0. The van der Waals surface area contributed by atoms with E-state index < -0.39 is 0 Å². The SMILES string of the molecule is Cc1cccc([C@@]23N=N[C@@](c4cccc(C)c4)([C@H]4C=CC[C@H]42)C3(C)C)c1. The second-order valence-electron chi connectivity index (χ2n) is 8.89. The van der Waals surface area contributed by atoms with Gasteiger partial charge in [0.1, 0.15) is 11.1 Å². The molecular weight excluding hydrogens is 316 g/mol. The molecule has 2 aromatic rings. The van der Waals surface area contributed by atoms with Gasteiger partial charge in [-0.25, -0.2) is 0 Å². The first-order valence-electron chi connectivity index (χ1n) is 9.68. The number of hydrogen-bond acceptors (Lipinski definition) is 2. The molecule has 1 heterocycles. The third kappa shape index (κ3) is 1.60. The molecule has 2 aliphatic carbocycles. The van der Waals surface area contributed by atoms with Gasteiger partial charge < -0.3 is 0 Å². The number of hydrogen-bond donors (Lipinski definition) is 0. The molecule has 1 fully saturated rings. The van der Waals surface area contributed by atoms with E-state index >= 15 is 0 Å². The highest BCUT2D eigenvalue weighted by molar-refractivity contribution is 5.48. The van der Waals surface area contributed by atoms with Crippen molar-refractivity contribution in [2.45, 2.75) is 45.2 Å². The van der Waals surface area contributed by atoms with Gasteiger partial charge in [0.25, 0.3) is 0 Å². The van der Waals surface area contributed by atoms with Gasteiger partial charge in [0.15, 0.2) is 0 Å². The van der Waals surface area contributed by atoms with Crippen LogP contribution in [-0.2, 0) is 11.1 Å². The topological polar surface area (TPSA) is 24.7 Å². The second-order valence-corrected chi connectivity index (χ2v) is 8.89. The summed E-state index contributed by atoms with van der Waals surface area (Å²) in [6.07, 6.45) is 5.87. The Morgan fingerprint density at radius 2 is 1.42 bits per heavy atom. The van der Waals surface area contributed by atoms with Gasteiger partial charge in [-0.2, -0.15) is 10.2 Å². The Hall–Kier alpha value is -2.22. The number of fused-ring (bicyclic) bond motifs is 5. The molecule has 1 aliphatic heterocycles. The summed E-state index contributed by atoms with van der Waals surface area (Å²) in [6, 6.07) is 17.9. The van der Waals surface area contributed by atoms with E-state index in [1.165, 1.54) is 22.3 Å². The fourth-order valence-corrected chi connectivity index (χ4v) is 6.24. The van der Waals surface area contributed by atoms with Gasteiger partial charge in [0.05, 0.1) is 0 Å². The minimum absolute atomic E-state index is 0.0817. The largest absolute Gasteiger partial charge is 0.181 e. The lowest BCUT2D eigenvalue weighted by molar-refractivity contribution is 0.150. The molecule has 1 saturated carbocycles. The summed E-state index contributed by atoms with van der Waals surface area (Å²) in [5.41, 5.74) is 4.63. The lowest BCUT2D eigenvalue weighted by Crippen LogP contribution is -2.44. The van der Waals surface area contributed by atoms with Crippen LogP contribution in [0.4, 0.5) is 0 Å². The standard InChI is InChI=1S/C24H26N2/c1-16-8-5-10-18(14-16)23-20-12-7-13-21(20)24(26-25-23,22(23,3)4)19-11-6-9-17(2)15-19/h5-12,14-15,20-21H,13H2,1-4H3/t20-,21+,23-,24+/m0/s1. The normalized spacial score (nSPS) is 35.8. The molecule has 2 nitrogen and oxygen atoms in total. The highest BCUT2D eigenvalue weighted by Crippen LogP contribution is 2.76. The van der Waals surface area contributed by atoms with Crippen LogP contribution in [-0.4, -0.2) is 0 Å². The fourth-order valence-electron chi connectivity index (χ4n) is 6.24. The smallest absolute Gasteiger partial charge is 0.121 e. The molecule has 0 unspecified atom stereocenters. The molecule has 2 bridgehead atoms. The Balaban J connectivity index is 1.80. The molecule has 0 aromatic heterocycles. The average molecular weight is 342 g/mol. The van der Waals surface area contributed by atoms with Crippen molar-refractivity contribution in [3.63, 3.8) is 0 Å². The van der Waals surface area contributed by atoms with Crippen LogP contribution >= 0.6 is 0 Å². The van der Waals surface area contributed by atoms with Gasteiger partial charge in [0.2, 0.25) is 0 Å². The van der Waals surface area contributed by atoms with Crippen molar-refractivity contribution in [1.82, 2.24) is 0 Å². The van der Waals surface area contributed by atoms with Crippen LogP contribution in [0.2, 0.25) is 0 Å². The van der Waals surface area contributed by atoms with Gasteiger partial charge in [-0.05, 0) is 31.4 Å². The zero-order chi connectivity index (χ0) is 18.2. The fraction of sp³-hybridized carbons (Fsp3) is 0.417. The average Bonchev–Trinajstić information content (AvgIpc) is 3.22. The summed E-state index contributed by atoms with van der Waals surface area (Å²) in [6.45, 7) is 9.13. The molecule has 0 spiro atoms. The van der Waals surface area contributed by atoms with E-state index in [0.717, 1.165) is 6.42 Å². The van der Waals surface area contributed by atoms with E-state index in [4.69, 9.17) is 10.2 Å². The van der Waals surface area contributed by atoms with Crippen molar-refractivity contribution in [3.05, 3.63) is 82.9 Å². The molecule has 2 aromatic carbocycles. The van der Waals surface area contributed by atoms with Gasteiger partial charge in [0, 0.05) is 17.3 Å². The Labute approximate surface area is 156 Å². The minimum atomic E-state index is -0.277. The summed E-state index contributed by atoms with van der Waals surface area (Å²) in [4.78, 5) is 0. The van der Waals surface area contributed by atoms with Crippen LogP contribution in [0, 0.1) is 31.1 Å². The zero-order valence-electron chi connectivity index (χ0n) is 16.0. The number of azo groups is 1. The number of allylic oxidation sites excluding steroid dienone is 1. The van der Waals surface area contributed by atoms with Crippen LogP contribution in [0.5, 0.6) is 0 Å². The van der Waals surface area contributed by atoms with E-state index in [1.807, 2.05) is 0 Å². The maximum Gasteiger partial charge on any atom is 0.121 e. The first-order valence-corrected chi connectivity index (χ1v) is 9.68.